The van der Waals surface area contributed by atoms with Crippen LogP contribution in [0.2, 0.25) is 0 Å². The number of nitrogens with one attached hydrogen (secondary N) is 1. The minimum atomic E-state index is -0.229. The van der Waals surface area contributed by atoms with Gasteiger partial charge in [-0.2, -0.15) is 0 Å². The van der Waals surface area contributed by atoms with E-state index in [0.29, 0.717) is 30.3 Å². The summed E-state index contributed by atoms with van der Waals surface area (Å²) in [6.45, 7) is 1.25. The molecular formula is C19H17N3O3. The number of fused-ring (bicyclic) bond motifs is 1. The number of pyridine rings is 2. The highest BCUT2D eigenvalue weighted by atomic mass is 16.5. The van der Waals surface area contributed by atoms with Gasteiger partial charge in [-0.05, 0) is 18.2 Å². The number of ether oxygens (including phenoxy) is 2. The summed E-state index contributed by atoms with van der Waals surface area (Å²) in [4.78, 5) is 21.1. The van der Waals surface area contributed by atoms with Gasteiger partial charge < -0.3 is 14.8 Å². The van der Waals surface area contributed by atoms with Crippen LogP contribution in [0, 0.1) is 0 Å². The lowest BCUT2D eigenvalue weighted by atomic mass is 10.2. The third-order valence-electron chi connectivity index (χ3n) is 4.05. The van der Waals surface area contributed by atoms with Crippen LogP contribution in [0.5, 0.6) is 5.88 Å². The van der Waals surface area contributed by atoms with E-state index in [2.05, 4.69) is 15.3 Å². The van der Waals surface area contributed by atoms with Crippen LogP contribution in [0.15, 0.2) is 54.9 Å². The fourth-order valence-electron chi connectivity index (χ4n) is 2.79. The second-order valence-electron chi connectivity index (χ2n) is 5.82. The molecule has 3 heterocycles. The summed E-state index contributed by atoms with van der Waals surface area (Å²) in [5.74, 6) is 0.201. The minimum absolute atomic E-state index is 0.00641. The van der Waals surface area contributed by atoms with Crippen LogP contribution in [-0.4, -0.2) is 35.2 Å². The Kier molecular flexibility index (Phi) is 4.26. The second kappa shape index (κ2) is 6.86. The number of nitrogens with zero attached hydrogens (tertiary/aromatic N) is 2. The first-order valence-electron chi connectivity index (χ1n) is 8.15. The predicted molar refractivity (Wildman–Crippen MR) is 93.8 cm³/mol. The second-order valence-corrected chi connectivity index (χ2v) is 5.82. The number of para-hydroxylation sites is 1. The van der Waals surface area contributed by atoms with E-state index in [1.54, 1.807) is 24.5 Å². The van der Waals surface area contributed by atoms with E-state index in [1.165, 1.54) is 0 Å². The van der Waals surface area contributed by atoms with Crippen LogP contribution in [0.25, 0.3) is 10.9 Å². The highest BCUT2D eigenvalue weighted by Gasteiger charge is 2.18. The molecule has 6 heteroatoms. The van der Waals surface area contributed by atoms with Gasteiger partial charge in [-0.25, -0.2) is 4.98 Å². The molecular weight excluding hydrogens is 318 g/mol. The highest BCUT2D eigenvalue weighted by Crippen LogP contribution is 2.22. The van der Waals surface area contributed by atoms with E-state index >= 15 is 0 Å². The Labute approximate surface area is 144 Å². The smallest absolute Gasteiger partial charge is 0.255 e. The van der Waals surface area contributed by atoms with E-state index in [-0.39, 0.29) is 12.0 Å². The van der Waals surface area contributed by atoms with Crippen molar-refractivity contribution in [2.75, 3.05) is 18.5 Å². The molecule has 6 nitrogen and oxygen atoms in total. The summed E-state index contributed by atoms with van der Waals surface area (Å²) in [6, 6.07) is 12.8. The molecule has 1 amide bonds. The molecule has 1 aliphatic heterocycles. The number of rotatable bonds is 4. The third-order valence-corrected chi connectivity index (χ3v) is 4.05. The third kappa shape index (κ3) is 3.44. The van der Waals surface area contributed by atoms with Gasteiger partial charge in [0.25, 0.3) is 5.91 Å². The number of hydrogen-bond donors (Lipinski definition) is 1. The number of carbonyl (C=O) groups is 1. The van der Waals surface area contributed by atoms with Crippen LogP contribution in [0.1, 0.15) is 16.8 Å². The molecule has 0 spiro atoms. The first-order valence-corrected chi connectivity index (χ1v) is 8.15. The summed E-state index contributed by atoms with van der Waals surface area (Å²) in [7, 11) is 0. The zero-order valence-corrected chi connectivity index (χ0v) is 13.5. The molecule has 1 N–H and O–H groups in total. The Morgan fingerprint density at radius 3 is 2.96 bits per heavy atom. The standard InChI is InChI=1S/C19H17N3O3/c23-19(22-16-5-1-3-13-4-2-8-21-18(13)16)14-6-9-20-17(11-14)25-15-7-10-24-12-15/h1-6,8-9,11,15H,7,10,12H2,(H,22,23)/t15-/m1/s1. The van der Waals surface area contributed by atoms with Gasteiger partial charge >= 0.3 is 0 Å². The van der Waals surface area contributed by atoms with E-state index in [4.69, 9.17) is 9.47 Å². The maximum atomic E-state index is 12.6. The lowest BCUT2D eigenvalue weighted by Crippen LogP contribution is -2.17. The van der Waals surface area contributed by atoms with Crippen LogP contribution < -0.4 is 10.1 Å². The Morgan fingerprint density at radius 2 is 2.08 bits per heavy atom. The van der Waals surface area contributed by atoms with Crippen molar-refractivity contribution in [1.29, 1.82) is 0 Å². The van der Waals surface area contributed by atoms with Crippen molar-refractivity contribution in [1.82, 2.24) is 9.97 Å². The molecule has 4 rings (SSSR count). The number of anilines is 1. The summed E-state index contributed by atoms with van der Waals surface area (Å²) < 4.78 is 11.0. The maximum absolute atomic E-state index is 12.6. The first kappa shape index (κ1) is 15.5. The molecule has 1 atom stereocenters. The molecule has 0 unspecified atom stereocenters. The zero-order chi connectivity index (χ0) is 17.1. The molecule has 1 aromatic carbocycles. The number of amides is 1. The molecule has 25 heavy (non-hydrogen) atoms. The van der Waals surface area contributed by atoms with Crippen molar-refractivity contribution < 1.29 is 14.3 Å². The van der Waals surface area contributed by atoms with Gasteiger partial charge in [0.15, 0.2) is 0 Å². The van der Waals surface area contributed by atoms with Crippen LogP contribution in [-0.2, 0) is 4.74 Å². The lowest BCUT2D eigenvalue weighted by Gasteiger charge is -2.12. The van der Waals surface area contributed by atoms with Gasteiger partial charge in [0, 0.05) is 35.8 Å². The quantitative estimate of drug-likeness (QED) is 0.793. The van der Waals surface area contributed by atoms with Gasteiger partial charge in [0.1, 0.15) is 6.10 Å². The zero-order valence-electron chi connectivity index (χ0n) is 13.5. The molecule has 1 fully saturated rings. The van der Waals surface area contributed by atoms with Crippen molar-refractivity contribution in [3.05, 3.63) is 60.4 Å². The van der Waals surface area contributed by atoms with Crippen molar-refractivity contribution in [3.8, 4) is 5.88 Å². The SMILES string of the molecule is O=C(Nc1cccc2cccnc12)c1ccnc(O[C@@H]2CCOC2)c1. The molecule has 2 aromatic heterocycles. The molecule has 1 aliphatic rings. The fraction of sp³-hybridized carbons (Fsp3) is 0.211. The van der Waals surface area contributed by atoms with Gasteiger partial charge in [-0.3, -0.25) is 9.78 Å². The molecule has 0 saturated carbocycles. The van der Waals surface area contributed by atoms with E-state index in [0.717, 1.165) is 17.3 Å². The average Bonchev–Trinajstić information content (AvgIpc) is 3.15. The molecule has 0 aliphatic carbocycles. The number of hydrogen-bond acceptors (Lipinski definition) is 5. The van der Waals surface area contributed by atoms with Crippen molar-refractivity contribution >= 4 is 22.5 Å². The van der Waals surface area contributed by atoms with E-state index < -0.39 is 0 Å². The van der Waals surface area contributed by atoms with Crippen molar-refractivity contribution in [3.63, 3.8) is 0 Å². The van der Waals surface area contributed by atoms with Crippen LogP contribution in [0.3, 0.4) is 0 Å². The number of carbonyl (C=O) groups excluding carboxylic acids is 1. The largest absolute Gasteiger partial charge is 0.472 e. The molecule has 3 aromatic rings. The average molecular weight is 335 g/mol. The van der Waals surface area contributed by atoms with Gasteiger partial charge in [0.05, 0.1) is 24.4 Å². The normalized spacial score (nSPS) is 16.7. The van der Waals surface area contributed by atoms with Crippen molar-refractivity contribution in [2.24, 2.45) is 0 Å². The molecule has 126 valence electrons. The molecule has 1 saturated heterocycles. The summed E-state index contributed by atoms with van der Waals surface area (Å²) >= 11 is 0. The van der Waals surface area contributed by atoms with Crippen molar-refractivity contribution in [2.45, 2.75) is 12.5 Å². The number of benzene rings is 1. The number of aromatic nitrogens is 2. The predicted octanol–water partition coefficient (Wildman–Crippen LogP) is 3.05. The Hall–Kier alpha value is -2.99. The fourth-order valence-corrected chi connectivity index (χ4v) is 2.79. The minimum Gasteiger partial charge on any atom is -0.472 e. The van der Waals surface area contributed by atoms with Gasteiger partial charge in [0.2, 0.25) is 5.88 Å². The topological polar surface area (TPSA) is 73.3 Å². The summed E-state index contributed by atoms with van der Waals surface area (Å²) in [5.41, 5.74) is 1.91. The summed E-state index contributed by atoms with van der Waals surface area (Å²) in [5, 5.41) is 3.89. The Balaban J connectivity index is 1.54. The monoisotopic (exact) mass is 335 g/mol. The highest BCUT2D eigenvalue weighted by molar-refractivity contribution is 6.08. The molecule has 0 bridgehead atoms. The first-order chi connectivity index (χ1) is 12.3. The Bertz CT molecular complexity index is 902. The van der Waals surface area contributed by atoms with Gasteiger partial charge in [-0.1, -0.05) is 18.2 Å². The Morgan fingerprint density at radius 1 is 1.16 bits per heavy atom. The van der Waals surface area contributed by atoms with E-state index in [9.17, 15) is 4.79 Å². The van der Waals surface area contributed by atoms with Crippen LogP contribution >= 0.6 is 0 Å². The summed E-state index contributed by atoms with van der Waals surface area (Å²) in [6.07, 6.45) is 4.11. The van der Waals surface area contributed by atoms with Gasteiger partial charge in [-0.15, -0.1) is 0 Å². The maximum Gasteiger partial charge on any atom is 0.255 e. The van der Waals surface area contributed by atoms with Crippen LogP contribution in [0.4, 0.5) is 5.69 Å². The molecule has 0 radical (unpaired) electrons. The lowest BCUT2D eigenvalue weighted by molar-refractivity contribution is 0.102. The van der Waals surface area contributed by atoms with E-state index in [1.807, 2.05) is 30.3 Å².